The van der Waals surface area contributed by atoms with Crippen LogP contribution in [0.3, 0.4) is 0 Å². The van der Waals surface area contributed by atoms with Crippen LogP contribution in [0.15, 0.2) is 78.0 Å². The van der Waals surface area contributed by atoms with Gasteiger partial charge in [-0.2, -0.15) is 0 Å². The number of nitrogens with zero attached hydrogens (tertiary/aromatic N) is 3. The second-order valence-electron chi connectivity index (χ2n) is 8.44. The number of halogens is 1. The number of hydrogen-bond acceptors (Lipinski definition) is 5. The van der Waals surface area contributed by atoms with Gasteiger partial charge in [-0.15, -0.1) is 0 Å². The first-order chi connectivity index (χ1) is 16.9. The summed E-state index contributed by atoms with van der Waals surface area (Å²) < 4.78 is 3.77. The molecule has 4 rings (SSSR count). The average molecular weight is 504 g/mol. The van der Waals surface area contributed by atoms with Crippen molar-refractivity contribution >= 4 is 18.4 Å². The maximum Gasteiger partial charge on any atom is 0.325 e. The maximum atomic E-state index is 11.3. The van der Waals surface area contributed by atoms with Gasteiger partial charge in [-0.25, -0.2) is 4.57 Å². The zero-order chi connectivity index (χ0) is 24.9. The number of phenolic OH excluding ortho intramolecular Hbond substituents is 2. The highest BCUT2D eigenvalue weighted by Crippen LogP contribution is 2.25. The predicted octanol–water partition coefficient (Wildman–Crippen LogP) is 0.762. The van der Waals surface area contributed by atoms with E-state index in [0.717, 1.165) is 11.1 Å². The summed E-state index contributed by atoms with van der Waals surface area (Å²) in [4.78, 5) is 27.5. The molecule has 4 aromatic rings. The third-order valence-corrected chi connectivity index (χ3v) is 5.72. The summed E-state index contributed by atoms with van der Waals surface area (Å²) in [7, 11) is 0. The third kappa shape index (κ3) is 5.70. The Morgan fingerprint density at radius 3 is 2.14 bits per heavy atom. The Morgan fingerprint density at radius 2 is 1.47 bits per heavy atom. The normalized spacial score (nSPS) is 11.1. The van der Waals surface area contributed by atoms with E-state index in [0.29, 0.717) is 48.1 Å². The second-order valence-corrected chi connectivity index (χ2v) is 8.44. The Balaban J connectivity index is 0.00000361. The number of carbonyl (C=O) groups is 2. The standard InChI is InChI=1S/C28H25N3O4.ClH/c1-19-11-21(27(34)23(13-19)17-32)15-30-9-5-3-7-25(30)29-26-8-4-6-10-31(26)16-22-12-20(2)14-24(18-33)28(22)35;/h3-14,17-18H,15-16H2,1-2H3,(H-,32,33,34,35);1H. The van der Waals surface area contributed by atoms with Crippen molar-refractivity contribution in [1.82, 2.24) is 4.57 Å². The molecule has 2 N–H and O–H groups in total. The molecule has 0 aliphatic carbocycles. The number of carbonyl (C=O) groups excluding carboxylic acids is 2. The molecule has 0 fully saturated rings. The molecule has 36 heavy (non-hydrogen) atoms. The average Bonchev–Trinajstić information content (AvgIpc) is 2.85. The molecular formula is C28H26ClN3O4. The number of phenols is 2. The lowest BCUT2D eigenvalue weighted by molar-refractivity contribution is -0.675. The number of aryl methyl sites for hydroxylation is 2. The Kier molecular flexibility index (Phi) is 8.40. The van der Waals surface area contributed by atoms with Crippen molar-refractivity contribution in [2.24, 2.45) is 4.99 Å². The van der Waals surface area contributed by atoms with Crippen LogP contribution >= 0.6 is 0 Å². The Morgan fingerprint density at radius 1 is 0.861 bits per heavy atom. The number of aromatic hydroxyl groups is 2. The topological polar surface area (TPSA) is 95.8 Å². The van der Waals surface area contributed by atoms with Crippen LogP contribution in [-0.2, 0) is 13.1 Å². The van der Waals surface area contributed by atoms with Gasteiger partial charge >= 0.3 is 5.82 Å². The van der Waals surface area contributed by atoms with Crippen molar-refractivity contribution in [3.05, 3.63) is 112 Å². The third-order valence-electron chi connectivity index (χ3n) is 5.72. The first kappa shape index (κ1) is 26.4. The van der Waals surface area contributed by atoms with Crippen LogP contribution in [0.2, 0.25) is 0 Å². The van der Waals surface area contributed by atoms with Crippen LogP contribution in [0.5, 0.6) is 11.5 Å². The summed E-state index contributed by atoms with van der Waals surface area (Å²) in [6.45, 7) is 4.39. The molecule has 0 radical (unpaired) electrons. The van der Waals surface area contributed by atoms with E-state index >= 15 is 0 Å². The van der Waals surface area contributed by atoms with E-state index < -0.39 is 0 Å². The molecule has 0 bridgehead atoms. The lowest BCUT2D eigenvalue weighted by Crippen LogP contribution is -3.00. The van der Waals surface area contributed by atoms with Gasteiger partial charge in [-0.3, -0.25) is 9.59 Å². The predicted molar refractivity (Wildman–Crippen MR) is 131 cm³/mol. The zero-order valence-corrected chi connectivity index (χ0v) is 20.7. The highest BCUT2D eigenvalue weighted by molar-refractivity contribution is 5.81. The van der Waals surface area contributed by atoms with E-state index in [1.807, 2.05) is 83.9 Å². The van der Waals surface area contributed by atoms with Crippen LogP contribution in [0.4, 0.5) is 5.82 Å². The molecule has 184 valence electrons. The van der Waals surface area contributed by atoms with Gasteiger partial charge in [0.2, 0.25) is 5.49 Å². The zero-order valence-electron chi connectivity index (χ0n) is 19.9. The van der Waals surface area contributed by atoms with Gasteiger partial charge in [-0.1, -0.05) is 18.2 Å². The van der Waals surface area contributed by atoms with Gasteiger partial charge in [0, 0.05) is 29.5 Å². The number of aromatic nitrogens is 2. The van der Waals surface area contributed by atoms with E-state index in [4.69, 9.17) is 4.99 Å². The fourth-order valence-corrected chi connectivity index (χ4v) is 4.08. The van der Waals surface area contributed by atoms with Gasteiger partial charge < -0.3 is 27.2 Å². The second kappa shape index (κ2) is 11.5. The summed E-state index contributed by atoms with van der Waals surface area (Å²) in [5, 5.41) is 21.1. The highest BCUT2D eigenvalue weighted by Gasteiger charge is 2.15. The fraction of sp³-hybridized carbons (Fsp3) is 0.143. The molecule has 0 saturated heterocycles. The molecule has 0 unspecified atom stereocenters. The highest BCUT2D eigenvalue weighted by atomic mass is 35.5. The van der Waals surface area contributed by atoms with Crippen LogP contribution in [0.25, 0.3) is 0 Å². The number of benzene rings is 2. The molecule has 2 aromatic carbocycles. The van der Waals surface area contributed by atoms with E-state index in [9.17, 15) is 19.8 Å². The molecule has 0 amide bonds. The minimum absolute atomic E-state index is 0. The maximum absolute atomic E-state index is 11.3. The summed E-state index contributed by atoms with van der Waals surface area (Å²) in [5.74, 6) is 0.565. The van der Waals surface area contributed by atoms with Gasteiger partial charge in [0.25, 0.3) is 0 Å². The van der Waals surface area contributed by atoms with Crippen molar-refractivity contribution in [1.29, 1.82) is 0 Å². The SMILES string of the molecule is Cc1cc(C=O)c(O)c(Cn2cccc/c2=N\c2cccc[n+]2Cc2cc(C)cc(C=O)c2O)c1.[Cl-]. The van der Waals surface area contributed by atoms with Gasteiger partial charge in [-0.05, 0) is 60.3 Å². The fourth-order valence-electron chi connectivity index (χ4n) is 4.08. The first-order valence-electron chi connectivity index (χ1n) is 11.1. The minimum Gasteiger partial charge on any atom is -1.00 e. The largest absolute Gasteiger partial charge is 1.00 e. The molecule has 0 atom stereocenters. The van der Waals surface area contributed by atoms with E-state index in [1.54, 1.807) is 12.1 Å². The van der Waals surface area contributed by atoms with Gasteiger partial charge in [0.15, 0.2) is 12.6 Å². The van der Waals surface area contributed by atoms with Crippen molar-refractivity contribution in [2.45, 2.75) is 26.9 Å². The van der Waals surface area contributed by atoms with Crippen molar-refractivity contribution in [2.75, 3.05) is 0 Å². The van der Waals surface area contributed by atoms with E-state index in [-0.39, 0.29) is 35.0 Å². The lowest BCUT2D eigenvalue weighted by atomic mass is 10.1. The van der Waals surface area contributed by atoms with Crippen molar-refractivity contribution in [3.8, 4) is 11.5 Å². The van der Waals surface area contributed by atoms with Crippen LogP contribution in [-0.4, -0.2) is 27.4 Å². The first-order valence-corrected chi connectivity index (χ1v) is 11.1. The monoisotopic (exact) mass is 503 g/mol. The Labute approximate surface area is 215 Å². The molecular weight excluding hydrogens is 478 g/mol. The minimum atomic E-state index is -0.0383. The molecule has 0 aliphatic heterocycles. The molecule has 0 spiro atoms. The molecule has 2 aromatic heterocycles. The summed E-state index contributed by atoms with van der Waals surface area (Å²) in [6, 6.07) is 18.2. The Hall–Kier alpha value is -4.23. The van der Waals surface area contributed by atoms with E-state index in [1.165, 1.54) is 0 Å². The summed E-state index contributed by atoms with van der Waals surface area (Å²) in [6.07, 6.45) is 5.02. The summed E-state index contributed by atoms with van der Waals surface area (Å²) in [5.41, 5.74) is 4.14. The number of aldehydes is 2. The quantitative estimate of drug-likeness (QED) is 0.287. The molecule has 0 saturated carbocycles. The van der Waals surface area contributed by atoms with Crippen LogP contribution in [0, 0.1) is 13.8 Å². The number of pyridine rings is 2. The van der Waals surface area contributed by atoms with Crippen LogP contribution in [0.1, 0.15) is 43.0 Å². The van der Waals surface area contributed by atoms with Gasteiger partial charge in [0.1, 0.15) is 18.0 Å². The molecule has 7 nitrogen and oxygen atoms in total. The van der Waals surface area contributed by atoms with Gasteiger partial charge in [0.05, 0.1) is 23.9 Å². The van der Waals surface area contributed by atoms with E-state index in [2.05, 4.69) is 0 Å². The smallest absolute Gasteiger partial charge is 0.325 e. The molecule has 2 heterocycles. The van der Waals surface area contributed by atoms with Crippen molar-refractivity contribution in [3.63, 3.8) is 0 Å². The summed E-state index contributed by atoms with van der Waals surface area (Å²) >= 11 is 0. The van der Waals surface area contributed by atoms with Crippen molar-refractivity contribution < 1.29 is 36.8 Å². The lowest BCUT2D eigenvalue weighted by Gasteiger charge is -2.11. The molecule has 8 heteroatoms. The number of hydrogen-bond donors (Lipinski definition) is 2. The Bertz CT molecular complexity index is 1490. The molecule has 0 aliphatic rings. The van der Waals surface area contributed by atoms with Crippen LogP contribution < -0.4 is 22.5 Å². The number of rotatable bonds is 7.